The molecule has 9 rings (SSSR count). The summed E-state index contributed by atoms with van der Waals surface area (Å²) in [6.07, 6.45) is 14.8. The molecule has 384 valence electrons. The molecular formula is C55H110O9. The molecule has 8 saturated carbocycles. The van der Waals surface area contributed by atoms with E-state index in [4.69, 9.17) is 18.9 Å². The average Bonchev–Trinajstić information content (AvgIpc) is 3.92. The fourth-order valence-corrected chi connectivity index (χ4v) is 11.9. The van der Waals surface area contributed by atoms with Crippen molar-refractivity contribution in [1.29, 1.82) is 0 Å². The SMILES string of the molecule is C.C.C.C.C.C.C.C.C.CCC(C)(C)C(=O)OC(C)(C)C1CC2CCC1C2.CCC(C)(C)C(=O)OC12CC3CC(CC(O)(C3)C1)C2.CCC(C)(C)C(=O)OC1C2CC3C(=O)OC1C3C2. The van der Waals surface area contributed by atoms with Crippen LogP contribution in [0.15, 0.2) is 0 Å². The molecule has 1 heterocycles. The smallest absolute Gasteiger partial charge is 0.312 e. The molecule has 1 N–H and O–H groups in total. The number of rotatable bonds is 10. The van der Waals surface area contributed by atoms with Gasteiger partial charge in [0, 0.05) is 24.2 Å². The highest BCUT2D eigenvalue weighted by atomic mass is 16.6. The molecule has 8 bridgehead atoms. The summed E-state index contributed by atoms with van der Waals surface area (Å²) in [6, 6.07) is 0. The van der Waals surface area contributed by atoms with Crippen LogP contribution in [-0.4, -0.2) is 58.0 Å². The molecule has 9 fully saturated rings. The molecule has 0 radical (unpaired) electrons. The number of esters is 4. The predicted molar refractivity (Wildman–Crippen MR) is 270 cm³/mol. The van der Waals surface area contributed by atoms with Gasteiger partial charge in [-0.05, 0) is 163 Å². The van der Waals surface area contributed by atoms with Gasteiger partial charge in [-0.25, -0.2) is 0 Å². The van der Waals surface area contributed by atoms with Gasteiger partial charge >= 0.3 is 23.9 Å². The first-order chi connectivity index (χ1) is 25.5. The molecule has 0 aromatic heterocycles. The lowest BCUT2D eigenvalue weighted by atomic mass is 9.52. The lowest BCUT2D eigenvalue weighted by Crippen LogP contribution is -2.61. The van der Waals surface area contributed by atoms with Crippen molar-refractivity contribution in [1.82, 2.24) is 0 Å². The molecule has 9 aliphatic rings. The maximum atomic E-state index is 12.4. The Labute approximate surface area is 397 Å². The van der Waals surface area contributed by atoms with Crippen LogP contribution in [0.4, 0.5) is 0 Å². The molecule has 0 spiro atoms. The Balaban J connectivity index is -0.000000394. The van der Waals surface area contributed by atoms with Crippen LogP contribution < -0.4 is 0 Å². The third-order valence-corrected chi connectivity index (χ3v) is 16.2. The lowest BCUT2D eigenvalue weighted by molar-refractivity contribution is -0.225. The fraction of sp³-hybridized carbons (Fsp3) is 0.927. The van der Waals surface area contributed by atoms with Crippen LogP contribution in [0.2, 0.25) is 0 Å². The van der Waals surface area contributed by atoms with E-state index in [0.717, 1.165) is 69.6 Å². The molecule has 0 aromatic carbocycles. The zero-order chi connectivity index (χ0) is 40.5. The van der Waals surface area contributed by atoms with Crippen LogP contribution in [0, 0.1) is 63.6 Å². The first kappa shape index (κ1) is 68.4. The molecule has 64 heavy (non-hydrogen) atoms. The van der Waals surface area contributed by atoms with E-state index in [9.17, 15) is 24.3 Å². The molecule has 8 aliphatic carbocycles. The normalized spacial score (nSPS) is 33.7. The van der Waals surface area contributed by atoms with E-state index < -0.39 is 16.4 Å². The number of ether oxygens (including phenoxy) is 4. The zero-order valence-electron chi connectivity index (χ0n) is 36.1. The molecule has 0 amide bonds. The van der Waals surface area contributed by atoms with Crippen molar-refractivity contribution in [3.05, 3.63) is 0 Å². The summed E-state index contributed by atoms with van der Waals surface area (Å²) in [4.78, 5) is 48.4. The predicted octanol–water partition coefficient (Wildman–Crippen LogP) is 14.9. The fourth-order valence-electron chi connectivity index (χ4n) is 11.9. The highest BCUT2D eigenvalue weighted by molar-refractivity contribution is 5.79. The maximum absolute atomic E-state index is 12.4. The Morgan fingerprint density at radius 1 is 0.625 bits per heavy atom. The summed E-state index contributed by atoms with van der Waals surface area (Å²) < 4.78 is 22.9. The summed E-state index contributed by atoms with van der Waals surface area (Å²) in [5, 5.41) is 10.6. The minimum Gasteiger partial charge on any atom is -0.459 e. The van der Waals surface area contributed by atoms with Crippen LogP contribution in [0.5, 0.6) is 0 Å². The summed E-state index contributed by atoms with van der Waals surface area (Å²) in [5.41, 5.74) is -2.42. The van der Waals surface area contributed by atoms with Gasteiger partial charge in [-0.1, -0.05) is 94.0 Å². The average molecular weight is 915 g/mol. The van der Waals surface area contributed by atoms with Crippen molar-refractivity contribution in [2.45, 2.75) is 268 Å². The van der Waals surface area contributed by atoms with Crippen molar-refractivity contribution in [3.63, 3.8) is 0 Å². The summed E-state index contributed by atoms with van der Waals surface area (Å²) >= 11 is 0. The second kappa shape index (κ2) is 24.2. The Morgan fingerprint density at radius 3 is 1.58 bits per heavy atom. The number of carbonyl (C=O) groups excluding carboxylic acids is 4. The molecule has 1 aliphatic heterocycles. The van der Waals surface area contributed by atoms with Gasteiger partial charge in [0.25, 0.3) is 0 Å². The topological polar surface area (TPSA) is 125 Å². The minimum absolute atomic E-state index is 0. The quantitative estimate of drug-likeness (QED) is 0.168. The van der Waals surface area contributed by atoms with Crippen molar-refractivity contribution >= 4 is 23.9 Å². The van der Waals surface area contributed by atoms with E-state index in [2.05, 4.69) is 13.8 Å². The van der Waals surface area contributed by atoms with Crippen molar-refractivity contribution < 1.29 is 43.2 Å². The summed E-state index contributed by atoms with van der Waals surface area (Å²) in [6.45, 7) is 21.9. The second-order valence-corrected chi connectivity index (χ2v) is 22.0. The Morgan fingerprint density at radius 2 is 1.12 bits per heavy atom. The van der Waals surface area contributed by atoms with Gasteiger partial charge in [-0.15, -0.1) is 0 Å². The van der Waals surface area contributed by atoms with Gasteiger partial charge in [-0.3, -0.25) is 19.2 Å². The van der Waals surface area contributed by atoms with E-state index in [-0.39, 0.29) is 125 Å². The molecule has 9 heteroatoms. The maximum Gasteiger partial charge on any atom is 0.312 e. The van der Waals surface area contributed by atoms with E-state index in [1.54, 1.807) is 0 Å². The summed E-state index contributed by atoms with van der Waals surface area (Å²) in [7, 11) is 0. The van der Waals surface area contributed by atoms with Crippen LogP contribution in [-0.2, 0) is 38.1 Å². The molecule has 10 unspecified atom stereocenters. The molecule has 1 saturated heterocycles. The van der Waals surface area contributed by atoms with Gasteiger partial charge < -0.3 is 24.1 Å². The van der Waals surface area contributed by atoms with E-state index in [1.165, 1.54) is 32.1 Å². The third-order valence-electron chi connectivity index (χ3n) is 16.2. The summed E-state index contributed by atoms with van der Waals surface area (Å²) in [5.74, 6) is 3.73. The molecule has 10 atom stereocenters. The number of hydrogen-bond acceptors (Lipinski definition) is 9. The molecule has 9 nitrogen and oxygen atoms in total. The highest BCUT2D eigenvalue weighted by Crippen LogP contribution is 2.60. The molecular weight excluding hydrogens is 805 g/mol. The number of hydrogen-bond donors (Lipinski definition) is 1. The minimum atomic E-state index is -0.555. The Bertz CT molecular complexity index is 1460. The second-order valence-electron chi connectivity index (χ2n) is 22.0. The Kier molecular flexibility index (Phi) is 25.9. The number of carbonyl (C=O) groups is 4. The van der Waals surface area contributed by atoms with Crippen LogP contribution >= 0.6 is 0 Å². The Hall–Kier alpha value is -2.16. The van der Waals surface area contributed by atoms with Crippen molar-refractivity contribution in [3.8, 4) is 0 Å². The van der Waals surface area contributed by atoms with Gasteiger partial charge in [0.15, 0.2) is 0 Å². The largest absolute Gasteiger partial charge is 0.459 e. The lowest BCUT2D eigenvalue weighted by Gasteiger charge is -2.59. The third kappa shape index (κ3) is 13.5. The van der Waals surface area contributed by atoms with Crippen LogP contribution in [0.1, 0.15) is 239 Å². The standard InChI is InChI=1S/C16H26O3.C16H28O2.C14H20O4.9CH4/c1-4-14(2,3)13(17)19-16-8-11-5-12(9-16)7-15(18,6-11)10-16;1-6-15(2,3)14(17)18-16(4,5)13-10-11-7-8-12(13)9-11;1-4-14(2,3)13(16)18-10-7-5-8-9(6-7)12(15)17-11(8)10;;;;;;;;;/h11-12,18H,4-10H2,1-3H3;11-13H,6-10H2,1-5H3;7-11H,4-6H2,1-3H3;9*1H4. The first-order valence-corrected chi connectivity index (χ1v) is 22.1. The van der Waals surface area contributed by atoms with Crippen LogP contribution in [0.3, 0.4) is 0 Å². The number of fused-ring (bicyclic) bond motifs is 3. The zero-order valence-corrected chi connectivity index (χ0v) is 36.1. The van der Waals surface area contributed by atoms with E-state index in [0.29, 0.717) is 36.0 Å². The highest BCUT2D eigenvalue weighted by Gasteiger charge is 2.64. The van der Waals surface area contributed by atoms with E-state index in [1.807, 2.05) is 62.3 Å². The van der Waals surface area contributed by atoms with Crippen molar-refractivity contribution in [2.24, 2.45) is 63.6 Å². The van der Waals surface area contributed by atoms with Gasteiger partial charge in [0.1, 0.15) is 23.4 Å². The first-order valence-electron chi connectivity index (χ1n) is 22.1. The van der Waals surface area contributed by atoms with Gasteiger partial charge in [0.05, 0.1) is 27.8 Å². The number of aliphatic hydroxyl groups is 1. The van der Waals surface area contributed by atoms with Crippen molar-refractivity contribution in [2.75, 3.05) is 0 Å². The van der Waals surface area contributed by atoms with E-state index >= 15 is 0 Å². The monoisotopic (exact) mass is 915 g/mol. The molecule has 0 aromatic rings. The van der Waals surface area contributed by atoms with Gasteiger partial charge in [0.2, 0.25) is 0 Å². The van der Waals surface area contributed by atoms with Gasteiger partial charge in [-0.2, -0.15) is 0 Å². The van der Waals surface area contributed by atoms with Crippen LogP contribution in [0.25, 0.3) is 0 Å².